The Labute approximate surface area is 116 Å². The van der Waals surface area contributed by atoms with Crippen LogP contribution in [0.2, 0.25) is 0 Å². The van der Waals surface area contributed by atoms with Gasteiger partial charge in [-0.1, -0.05) is 26.0 Å². The summed E-state index contributed by atoms with van der Waals surface area (Å²) in [5.41, 5.74) is 2.00. The van der Waals surface area contributed by atoms with E-state index in [1.165, 1.54) is 12.1 Å². The largest absolute Gasteiger partial charge is 0.416 e. The maximum Gasteiger partial charge on any atom is 0.416 e. The van der Waals surface area contributed by atoms with E-state index in [1.807, 2.05) is 19.9 Å². The number of nitrogens with zero attached hydrogens (tertiary/aromatic N) is 2. The van der Waals surface area contributed by atoms with Crippen molar-refractivity contribution in [2.45, 2.75) is 39.4 Å². The smallest absolute Gasteiger partial charge is 0.265 e. The number of aryl methyl sites for hydroxylation is 2. The third-order valence-corrected chi connectivity index (χ3v) is 3.23. The van der Waals surface area contributed by atoms with Crippen LogP contribution in [0.3, 0.4) is 0 Å². The molecule has 5 heteroatoms. The molecule has 0 amide bonds. The molecular formula is C15H17F3N2. The van der Waals surface area contributed by atoms with Crippen molar-refractivity contribution in [1.82, 2.24) is 9.78 Å². The normalized spacial score (nSPS) is 11.8. The maximum atomic E-state index is 12.7. The summed E-state index contributed by atoms with van der Waals surface area (Å²) in [6.45, 7) is 4.39. The Kier molecular flexibility index (Phi) is 4.16. The van der Waals surface area contributed by atoms with Gasteiger partial charge in [-0.15, -0.1) is 0 Å². The second-order valence-electron chi connectivity index (χ2n) is 4.69. The van der Waals surface area contributed by atoms with Gasteiger partial charge in [-0.3, -0.25) is 4.68 Å². The summed E-state index contributed by atoms with van der Waals surface area (Å²) in [7, 11) is 0. The van der Waals surface area contributed by atoms with E-state index in [0.717, 1.165) is 30.3 Å². The number of hydrogen-bond donors (Lipinski definition) is 0. The zero-order valence-electron chi connectivity index (χ0n) is 11.5. The zero-order chi connectivity index (χ0) is 14.8. The molecule has 0 aliphatic carbocycles. The number of aromatic nitrogens is 2. The van der Waals surface area contributed by atoms with Crippen LogP contribution in [0.1, 0.15) is 36.4 Å². The molecule has 2 rings (SSSR count). The molecule has 20 heavy (non-hydrogen) atoms. The molecule has 0 fully saturated rings. The third-order valence-electron chi connectivity index (χ3n) is 3.23. The average Bonchev–Trinajstić information content (AvgIpc) is 2.80. The fourth-order valence-corrected chi connectivity index (χ4v) is 2.13. The second kappa shape index (κ2) is 5.69. The molecule has 0 bridgehead atoms. The molecule has 108 valence electrons. The summed E-state index contributed by atoms with van der Waals surface area (Å²) >= 11 is 0. The predicted octanol–water partition coefficient (Wildman–Crippen LogP) is 4.08. The first-order valence-electron chi connectivity index (χ1n) is 6.65. The van der Waals surface area contributed by atoms with Gasteiger partial charge in [0.05, 0.1) is 17.8 Å². The fraction of sp³-hybridized carbons (Fsp3) is 0.400. The Morgan fingerprint density at radius 3 is 2.45 bits per heavy atom. The van der Waals surface area contributed by atoms with Gasteiger partial charge in [0.15, 0.2) is 0 Å². The van der Waals surface area contributed by atoms with Gasteiger partial charge < -0.3 is 0 Å². The molecule has 0 atom stereocenters. The number of halogens is 3. The lowest BCUT2D eigenvalue weighted by molar-refractivity contribution is -0.137. The molecule has 2 aromatic rings. The highest BCUT2D eigenvalue weighted by molar-refractivity contribution is 5.26. The molecule has 0 saturated carbocycles. The van der Waals surface area contributed by atoms with Crippen LogP contribution in [0.25, 0.3) is 0 Å². The molecule has 1 aromatic carbocycles. The molecule has 0 spiro atoms. The quantitative estimate of drug-likeness (QED) is 0.826. The van der Waals surface area contributed by atoms with Crippen LogP contribution >= 0.6 is 0 Å². The van der Waals surface area contributed by atoms with Crippen LogP contribution in [-0.4, -0.2) is 9.78 Å². The molecule has 0 saturated heterocycles. The molecule has 0 unspecified atom stereocenters. The minimum atomic E-state index is -4.30. The van der Waals surface area contributed by atoms with Crippen LogP contribution in [0.15, 0.2) is 30.3 Å². The summed E-state index contributed by atoms with van der Waals surface area (Å²) in [4.78, 5) is 0. The third kappa shape index (κ3) is 3.21. The van der Waals surface area contributed by atoms with Crippen LogP contribution in [0.4, 0.5) is 13.2 Å². The SMILES string of the molecule is CCc1cc(CC)n(Cc2cccc(C(F)(F)F)c2)n1. The van der Waals surface area contributed by atoms with Crippen molar-refractivity contribution in [2.24, 2.45) is 0 Å². The van der Waals surface area contributed by atoms with Gasteiger partial charge in [0, 0.05) is 5.69 Å². The maximum absolute atomic E-state index is 12.7. The lowest BCUT2D eigenvalue weighted by Crippen LogP contribution is -2.09. The predicted molar refractivity (Wildman–Crippen MR) is 71.5 cm³/mol. The van der Waals surface area contributed by atoms with Crippen LogP contribution in [-0.2, 0) is 25.6 Å². The van der Waals surface area contributed by atoms with E-state index in [-0.39, 0.29) is 0 Å². The van der Waals surface area contributed by atoms with E-state index in [9.17, 15) is 13.2 Å². The molecule has 0 aliphatic rings. The lowest BCUT2D eigenvalue weighted by Gasteiger charge is -2.10. The van der Waals surface area contributed by atoms with Crippen LogP contribution < -0.4 is 0 Å². The van der Waals surface area contributed by atoms with Gasteiger partial charge in [0.1, 0.15) is 0 Å². The summed E-state index contributed by atoms with van der Waals surface area (Å²) in [5.74, 6) is 0. The minimum absolute atomic E-state index is 0.368. The standard InChI is InChI=1S/C15H17F3N2/c1-3-13-9-14(4-2)20(19-13)10-11-6-5-7-12(8-11)15(16,17)18/h5-9H,3-4,10H2,1-2H3. The summed E-state index contributed by atoms with van der Waals surface area (Å²) < 4.78 is 39.9. The summed E-state index contributed by atoms with van der Waals surface area (Å²) in [6.07, 6.45) is -2.67. The number of hydrogen-bond acceptors (Lipinski definition) is 1. The Morgan fingerprint density at radius 1 is 1.10 bits per heavy atom. The van der Waals surface area contributed by atoms with Gasteiger partial charge in [0.25, 0.3) is 0 Å². The second-order valence-corrected chi connectivity index (χ2v) is 4.69. The van der Waals surface area contributed by atoms with Crippen molar-refractivity contribution >= 4 is 0 Å². The minimum Gasteiger partial charge on any atom is -0.265 e. The highest BCUT2D eigenvalue weighted by Crippen LogP contribution is 2.29. The molecule has 1 aromatic heterocycles. The first kappa shape index (κ1) is 14.6. The topological polar surface area (TPSA) is 17.8 Å². The molecule has 0 aliphatic heterocycles. The van der Waals surface area contributed by atoms with E-state index < -0.39 is 11.7 Å². The summed E-state index contributed by atoms with van der Waals surface area (Å²) in [5, 5.41) is 4.42. The highest BCUT2D eigenvalue weighted by Gasteiger charge is 2.30. The molecular weight excluding hydrogens is 265 g/mol. The number of rotatable bonds is 4. The van der Waals surface area contributed by atoms with Gasteiger partial charge in [-0.25, -0.2) is 0 Å². The lowest BCUT2D eigenvalue weighted by atomic mass is 10.1. The van der Waals surface area contributed by atoms with E-state index in [1.54, 1.807) is 10.7 Å². The number of benzene rings is 1. The van der Waals surface area contributed by atoms with E-state index in [2.05, 4.69) is 5.10 Å². The van der Waals surface area contributed by atoms with Crippen molar-refractivity contribution in [3.8, 4) is 0 Å². The van der Waals surface area contributed by atoms with Crippen molar-refractivity contribution in [3.63, 3.8) is 0 Å². The van der Waals surface area contributed by atoms with Gasteiger partial charge in [-0.05, 0) is 36.6 Å². The average molecular weight is 282 g/mol. The van der Waals surface area contributed by atoms with Gasteiger partial charge >= 0.3 is 6.18 Å². The molecule has 0 N–H and O–H groups in total. The molecule has 0 radical (unpaired) electrons. The van der Waals surface area contributed by atoms with Gasteiger partial charge in [-0.2, -0.15) is 18.3 Å². The van der Waals surface area contributed by atoms with Gasteiger partial charge in [0.2, 0.25) is 0 Å². The van der Waals surface area contributed by atoms with Crippen molar-refractivity contribution in [2.75, 3.05) is 0 Å². The van der Waals surface area contributed by atoms with E-state index in [0.29, 0.717) is 12.1 Å². The van der Waals surface area contributed by atoms with E-state index >= 15 is 0 Å². The van der Waals surface area contributed by atoms with Crippen molar-refractivity contribution in [1.29, 1.82) is 0 Å². The van der Waals surface area contributed by atoms with Crippen molar-refractivity contribution in [3.05, 3.63) is 52.8 Å². The monoisotopic (exact) mass is 282 g/mol. The Bertz CT molecular complexity index is 585. The first-order chi connectivity index (χ1) is 9.44. The highest BCUT2D eigenvalue weighted by atomic mass is 19.4. The number of alkyl halides is 3. The zero-order valence-corrected chi connectivity index (χ0v) is 11.5. The van der Waals surface area contributed by atoms with Crippen LogP contribution in [0.5, 0.6) is 0 Å². The Balaban J connectivity index is 2.28. The Hall–Kier alpha value is -1.78. The first-order valence-corrected chi connectivity index (χ1v) is 6.65. The Morgan fingerprint density at radius 2 is 1.85 bits per heavy atom. The fourth-order valence-electron chi connectivity index (χ4n) is 2.13. The van der Waals surface area contributed by atoms with Crippen molar-refractivity contribution < 1.29 is 13.2 Å². The van der Waals surface area contributed by atoms with Crippen LogP contribution in [0, 0.1) is 0 Å². The van der Waals surface area contributed by atoms with E-state index in [4.69, 9.17) is 0 Å². The molecule has 2 nitrogen and oxygen atoms in total. The summed E-state index contributed by atoms with van der Waals surface area (Å²) in [6, 6.07) is 7.42. The molecule has 1 heterocycles.